The number of nitrogens with zero attached hydrogens (tertiary/aromatic N) is 2. The molecule has 0 spiro atoms. The molecule has 1 atom stereocenters. The lowest BCUT2D eigenvalue weighted by molar-refractivity contribution is 0.314. The van der Waals surface area contributed by atoms with Gasteiger partial charge >= 0.3 is 0 Å². The first-order valence-corrected chi connectivity index (χ1v) is 7.95. The van der Waals surface area contributed by atoms with Gasteiger partial charge in [-0.1, -0.05) is 19.1 Å². The van der Waals surface area contributed by atoms with Gasteiger partial charge in [-0.3, -0.25) is 4.98 Å². The SMILES string of the molecule is CCC1(C)CN(c2cccc3cc(Br)cnc23)CCN1. The fourth-order valence-corrected chi connectivity index (χ4v) is 3.21. The molecule has 4 heteroatoms. The summed E-state index contributed by atoms with van der Waals surface area (Å²) in [7, 11) is 0. The third-order valence-electron chi connectivity index (χ3n) is 4.25. The summed E-state index contributed by atoms with van der Waals surface area (Å²) in [5, 5.41) is 4.82. The Balaban J connectivity index is 2.01. The molecule has 0 saturated carbocycles. The molecule has 2 aromatic rings. The predicted molar refractivity (Wildman–Crippen MR) is 88.4 cm³/mol. The fourth-order valence-electron chi connectivity index (χ4n) is 2.86. The van der Waals surface area contributed by atoms with E-state index in [1.807, 2.05) is 6.20 Å². The topological polar surface area (TPSA) is 28.2 Å². The number of para-hydroxylation sites is 1. The van der Waals surface area contributed by atoms with E-state index < -0.39 is 0 Å². The highest BCUT2D eigenvalue weighted by atomic mass is 79.9. The van der Waals surface area contributed by atoms with Crippen LogP contribution in [0.1, 0.15) is 20.3 Å². The first-order chi connectivity index (χ1) is 9.61. The van der Waals surface area contributed by atoms with Crippen LogP contribution in [0.4, 0.5) is 5.69 Å². The third-order valence-corrected chi connectivity index (χ3v) is 4.68. The number of fused-ring (bicyclic) bond motifs is 1. The molecule has 0 aliphatic carbocycles. The number of rotatable bonds is 2. The molecule has 1 aromatic heterocycles. The highest BCUT2D eigenvalue weighted by molar-refractivity contribution is 9.10. The number of benzene rings is 1. The normalized spacial score (nSPS) is 23.2. The van der Waals surface area contributed by atoms with Crippen LogP contribution in [0.3, 0.4) is 0 Å². The summed E-state index contributed by atoms with van der Waals surface area (Å²) in [6, 6.07) is 8.56. The Kier molecular flexibility index (Phi) is 3.69. The molecule has 2 heterocycles. The van der Waals surface area contributed by atoms with Crippen molar-refractivity contribution in [2.45, 2.75) is 25.8 Å². The van der Waals surface area contributed by atoms with Crippen molar-refractivity contribution in [3.05, 3.63) is 34.9 Å². The van der Waals surface area contributed by atoms with Crippen molar-refractivity contribution in [1.82, 2.24) is 10.3 Å². The average molecular weight is 334 g/mol. The van der Waals surface area contributed by atoms with E-state index in [1.165, 1.54) is 11.1 Å². The summed E-state index contributed by atoms with van der Waals surface area (Å²) in [6.45, 7) is 7.63. The van der Waals surface area contributed by atoms with Gasteiger partial charge in [0.1, 0.15) is 0 Å². The number of anilines is 1. The second-order valence-electron chi connectivity index (χ2n) is 5.76. The van der Waals surface area contributed by atoms with E-state index in [2.05, 4.69) is 69.2 Å². The Labute approximate surface area is 128 Å². The number of halogens is 1. The Morgan fingerprint density at radius 3 is 3.10 bits per heavy atom. The summed E-state index contributed by atoms with van der Waals surface area (Å²) < 4.78 is 1.03. The summed E-state index contributed by atoms with van der Waals surface area (Å²) >= 11 is 3.50. The zero-order valence-electron chi connectivity index (χ0n) is 12.0. The van der Waals surface area contributed by atoms with Gasteiger partial charge in [-0.05, 0) is 41.4 Å². The first kappa shape index (κ1) is 13.8. The van der Waals surface area contributed by atoms with E-state index in [1.54, 1.807) is 0 Å². The summed E-state index contributed by atoms with van der Waals surface area (Å²) in [4.78, 5) is 7.08. The zero-order valence-corrected chi connectivity index (χ0v) is 13.6. The van der Waals surface area contributed by atoms with E-state index in [9.17, 15) is 0 Å². The molecule has 106 valence electrons. The van der Waals surface area contributed by atoms with Gasteiger partial charge in [0.15, 0.2) is 0 Å². The molecular formula is C16H20BrN3. The monoisotopic (exact) mass is 333 g/mol. The van der Waals surface area contributed by atoms with Crippen LogP contribution in [0.5, 0.6) is 0 Å². The maximum Gasteiger partial charge on any atom is 0.0936 e. The third kappa shape index (κ3) is 2.54. The molecule has 1 aromatic carbocycles. The molecule has 3 nitrogen and oxygen atoms in total. The molecule has 1 saturated heterocycles. The first-order valence-electron chi connectivity index (χ1n) is 7.15. The second-order valence-corrected chi connectivity index (χ2v) is 6.68. The predicted octanol–water partition coefficient (Wildman–Crippen LogP) is 3.58. The highest BCUT2D eigenvalue weighted by Gasteiger charge is 2.29. The number of hydrogen-bond acceptors (Lipinski definition) is 3. The van der Waals surface area contributed by atoms with Crippen molar-refractivity contribution in [2.24, 2.45) is 0 Å². The van der Waals surface area contributed by atoms with Crippen LogP contribution in [-0.2, 0) is 0 Å². The summed E-state index contributed by atoms with van der Waals surface area (Å²) in [5.41, 5.74) is 2.53. The van der Waals surface area contributed by atoms with Crippen molar-refractivity contribution >= 4 is 32.5 Å². The molecule has 1 unspecified atom stereocenters. The molecule has 1 fully saturated rings. The lowest BCUT2D eigenvalue weighted by atomic mass is 9.95. The lowest BCUT2D eigenvalue weighted by Crippen LogP contribution is -2.58. The Hall–Kier alpha value is -1.13. The molecule has 20 heavy (non-hydrogen) atoms. The van der Waals surface area contributed by atoms with Crippen molar-refractivity contribution < 1.29 is 0 Å². The second kappa shape index (κ2) is 5.34. The van der Waals surface area contributed by atoms with Gasteiger partial charge in [0, 0.05) is 41.2 Å². The van der Waals surface area contributed by atoms with Gasteiger partial charge in [-0.25, -0.2) is 0 Å². The van der Waals surface area contributed by atoms with Gasteiger partial charge in [-0.15, -0.1) is 0 Å². The standard InChI is InChI=1S/C16H20BrN3/c1-3-16(2)11-20(8-7-19-16)14-6-4-5-12-9-13(17)10-18-15(12)14/h4-6,9-10,19H,3,7-8,11H2,1-2H3. The van der Waals surface area contributed by atoms with Crippen LogP contribution < -0.4 is 10.2 Å². The van der Waals surface area contributed by atoms with E-state index in [4.69, 9.17) is 0 Å². The van der Waals surface area contributed by atoms with Crippen LogP contribution in [-0.4, -0.2) is 30.2 Å². The van der Waals surface area contributed by atoms with Crippen LogP contribution in [0, 0.1) is 0 Å². The Morgan fingerprint density at radius 2 is 2.30 bits per heavy atom. The largest absolute Gasteiger partial charge is 0.367 e. The minimum atomic E-state index is 0.190. The van der Waals surface area contributed by atoms with Crippen molar-refractivity contribution in [1.29, 1.82) is 0 Å². The van der Waals surface area contributed by atoms with Crippen molar-refractivity contribution in [3.63, 3.8) is 0 Å². The molecule has 1 N–H and O–H groups in total. The maximum atomic E-state index is 4.62. The Morgan fingerprint density at radius 1 is 1.45 bits per heavy atom. The smallest absolute Gasteiger partial charge is 0.0936 e. The van der Waals surface area contributed by atoms with E-state index in [0.717, 1.165) is 36.0 Å². The molecule has 1 aliphatic rings. The van der Waals surface area contributed by atoms with Crippen LogP contribution in [0.2, 0.25) is 0 Å². The number of pyridine rings is 1. The highest BCUT2D eigenvalue weighted by Crippen LogP contribution is 2.29. The van der Waals surface area contributed by atoms with Crippen molar-refractivity contribution in [2.75, 3.05) is 24.5 Å². The molecule has 0 amide bonds. The number of hydrogen-bond donors (Lipinski definition) is 1. The molecule has 0 radical (unpaired) electrons. The van der Waals surface area contributed by atoms with E-state index in [-0.39, 0.29) is 5.54 Å². The zero-order chi connectivity index (χ0) is 14.2. The van der Waals surface area contributed by atoms with Crippen LogP contribution in [0.25, 0.3) is 10.9 Å². The molecule has 0 bridgehead atoms. The quantitative estimate of drug-likeness (QED) is 0.910. The van der Waals surface area contributed by atoms with Gasteiger partial charge < -0.3 is 10.2 Å². The van der Waals surface area contributed by atoms with Crippen LogP contribution >= 0.6 is 15.9 Å². The Bertz CT molecular complexity index is 628. The number of nitrogens with one attached hydrogen (secondary N) is 1. The molecule has 1 aliphatic heterocycles. The lowest BCUT2D eigenvalue weighted by Gasteiger charge is -2.42. The van der Waals surface area contributed by atoms with Gasteiger partial charge in [-0.2, -0.15) is 0 Å². The number of aromatic nitrogens is 1. The van der Waals surface area contributed by atoms with Crippen LogP contribution in [0.15, 0.2) is 34.9 Å². The van der Waals surface area contributed by atoms with E-state index in [0.29, 0.717) is 0 Å². The summed E-state index contributed by atoms with van der Waals surface area (Å²) in [5.74, 6) is 0. The van der Waals surface area contributed by atoms with Gasteiger partial charge in [0.25, 0.3) is 0 Å². The van der Waals surface area contributed by atoms with Crippen molar-refractivity contribution in [3.8, 4) is 0 Å². The summed E-state index contributed by atoms with van der Waals surface area (Å²) in [6.07, 6.45) is 3.01. The minimum Gasteiger partial charge on any atom is -0.367 e. The van der Waals surface area contributed by atoms with E-state index >= 15 is 0 Å². The average Bonchev–Trinajstić information content (AvgIpc) is 2.46. The fraction of sp³-hybridized carbons (Fsp3) is 0.438. The number of piperazine rings is 1. The minimum absolute atomic E-state index is 0.190. The molecular weight excluding hydrogens is 314 g/mol. The molecule has 3 rings (SSSR count). The van der Waals surface area contributed by atoms with Gasteiger partial charge in [0.2, 0.25) is 0 Å². The maximum absolute atomic E-state index is 4.62. The van der Waals surface area contributed by atoms with Gasteiger partial charge in [0.05, 0.1) is 11.2 Å².